The van der Waals surface area contributed by atoms with Crippen molar-refractivity contribution >= 4 is 0 Å². The van der Waals surface area contributed by atoms with Gasteiger partial charge in [-0.3, -0.25) is 0 Å². The minimum Gasteiger partial charge on any atom is -0.491 e. The number of hydrogen-bond donors (Lipinski definition) is 1. The first-order valence-electron chi connectivity index (χ1n) is 6.43. The van der Waals surface area contributed by atoms with Gasteiger partial charge in [-0.25, -0.2) is 0 Å². The fourth-order valence-electron chi connectivity index (χ4n) is 1.73. The van der Waals surface area contributed by atoms with E-state index in [0.29, 0.717) is 5.92 Å². The number of hydrogen-bond acceptors (Lipinski definition) is 2. The molecule has 0 aromatic heterocycles. The van der Waals surface area contributed by atoms with Crippen LogP contribution in [0, 0.1) is 5.92 Å². The number of rotatable bonds is 6. The molecule has 0 radical (unpaired) electrons. The lowest BCUT2D eigenvalue weighted by atomic mass is 10.00. The van der Waals surface area contributed by atoms with Crippen LogP contribution in [-0.2, 0) is 0 Å². The van der Waals surface area contributed by atoms with Gasteiger partial charge in [0, 0.05) is 0 Å². The van der Waals surface area contributed by atoms with E-state index >= 15 is 0 Å². The molecule has 0 heterocycles. The lowest BCUT2D eigenvalue weighted by molar-refractivity contribution is 0.158. The maximum absolute atomic E-state index is 10.1. The zero-order chi connectivity index (χ0) is 12.8. The van der Waals surface area contributed by atoms with Crippen LogP contribution in [-0.4, -0.2) is 11.2 Å². The summed E-state index contributed by atoms with van der Waals surface area (Å²) in [7, 11) is 0. The molecule has 1 atom stereocenters. The van der Waals surface area contributed by atoms with Crippen LogP contribution in [0.4, 0.5) is 0 Å². The monoisotopic (exact) mass is 236 g/mol. The molecule has 1 unspecified atom stereocenters. The summed E-state index contributed by atoms with van der Waals surface area (Å²) in [4.78, 5) is 0. The van der Waals surface area contributed by atoms with E-state index in [-0.39, 0.29) is 12.2 Å². The second-order valence-corrected chi connectivity index (χ2v) is 5.23. The lowest BCUT2D eigenvalue weighted by Gasteiger charge is -2.15. The molecule has 0 fully saturated rings. The van der Waals surface area contributed by atoms with Gasteiger partial charge in [-0.05, 0) is 50.3 Å². The van der Waals surface area contributed by atoms with E-state index in [1.54, 1.807) is 0 Å². The van der Waals surface area contributed by atoms with Gasteiger partial charge in [0.05, 0.1) is 12.2 Å². The van der Waals surface area contributed by atoms with E-state index in [1.165, 1.54) is 0 Å². The maximum Gasteiger partial charge on any atom is 0.120 e. The van der Waals surface area contributed by atoms with E-state index in [9.17, 15) is 5.11 Å². The quantitative estimate of drug-likeness (QED) is 0.810. The Morgan fingerprint density at radius 3 is 2.41 bits per heavy atom. The Bertz CT molecular complexity index is 331. The third-order valence-electron chi connectivity index (χ3n) is 2.63. The summed E-state index contributed by atoms with van der Waals surface area (Å²) in [5, 5.41) is 10.1. The van der Waals surface area contributed by atoms with Crippen LogP contribution in [0.3, 0.4) is 0 Å². The average Bonchev–Trinajstić information content (AvgIpc) is 2.25. The number of aliphatic hydroxyl groups excluding tert-OH is 1. The standard InChI is InChI=1S/C15H24O2/c1-11(2)8-9-15(16)13-6-5-7-14(10-13)17-12(3)4/h5-7,10-12,15-16H,8-9H2,1-4H3. The third kappa shape index (κ3) is 5.22. The first kappa shape index (κ1) is 14.0. The molecule has 1 aromatic carbocycles. The number of benzene rings is 1. The molecule has 0 bridgehead atoms. The van der Waals surface area contributed by atoms with Crippen molar-refractivity contribution in [3.63, 3.8) is 0 Å². The van der Waals surface area contributed by atoms with E-state index < -0.39 is 0 Å². The summed E-state index contributed by atoms with van der Waals surface area (Å²) in [5.41, 5.74) is 0.948. The van der Waals surface area contributed by atoms with Gasteiger partial charge in [-0.1, -0.05) is 26.0 Å². The summed E-state index contributed by atoms with van der Waals surface area (Å²) in [6, 6.07) is 7.76. The first-order chi connectivity index (χ1) is 7.99. The molecular formula is C15H24O2. The molecule has 0 saturated carbocycles. The number of ether oxygens (including phenoxy) is 1. The second kappa shape index (κ2) is 6.65. The van der Waals surface area contributed by atoms with Crippen molar-refractivity contribution < 1.29 is 9.84 Å². The van der Waals surface area contributed by atoms with Crippen LogP contribution in [0.1, 0.15) is 52.2 Å². The Morgan fingerprint density at radius 2 is 1.82 bits per heavy atom. The van der Waals surface area contributed by atoms with Gasteiger partial charge in [-0.15, -0.1) is 0 Å². The summed E-state index contributed by atoms with van der Waals surface area (Å²) in [5.74, 6) is 1.46. The van der Waals surface area contributed by atoms with E-state index in [1.807, 2.05) is 38.1 Å². The van der Waals surface area contributed by atoms with Gasteiger partial charge in [0.2, 0.25) is 0 Å². The van der Waals surface area contributed by atoms with Gasteiger partial charge in [-0.2, -0.15) is 0 Å². The topological polar surface area (TPSA) is 29.5 Å². The van der Waals surface area contributed by atoms with Gasteiger partial charge in [0.15, 0.2) is 0 Å². The van der Waals surface area contributed by atoms with Crippen molar-refractivity contribution in [1.29, 1.82) is 0 Å². The normalized spacial score (nSPS) is 13.1. The molecular weight excluding hydrogens is 212 g/mol. The van der Waals surface area contributed by atoms with E-state index in [2.05, 4.69) is 13.8 Å². The van der Waals surface area contributed by atoms with Gasteiger partial charge in [0.25, 0.3) is 0 Å². The predicted molar refractivity (Wildman–Crippen MR) is 71.2 cm³/mol. The van der Waals surface area contributed by atoms with E-state index in [0.717, 1.165) is 24.2 Å². The molecule has 96 valence electrons. The van der Waals surface area contributed by atoms with Crippen molar-refractivity contribution in [3.05, 3.63) is 29.8 Å². The van der Waals surface area contributed by atoms with Crippen molar-refractivity contribution in [3.8, 4) is 5.75 Å². The minimum absolute atomic E-state index is 0.165. The van der Waals surface area contributed by atoms with Gasteiger partial charge >= 0.3 is 0 Å². The van der Waals surface area contributed by atoms with Crippen molar-refractivity contribution in [2.45, 2.75) is 52.7 Å². The molecule has 0 aliphatic heterocycles. The molecule has 1 N–H and O–H groups in total. The molecule has 0 spiro atoms. The molecule has 1 rings (SSSR count). The molecule has 0 amide bonds. The van der Waals surface area contributed by atoms with Crippen LogP contribution in [0.2, 0.25) is 0 Å². The Kier molecular flexibility index (Phi) is 5.49. The highest BCUT2D eigenvalue weighted by Crippen LogP contribution is 2.24. The van der Waals surface area contributed by atoms with Crippen molar-refractivity contribution in [2.75, 3.05) is 0 Å². The smallest absolute Gasteiger partial charge is 0.120 e. The molecule has 2 nitrogen and oxygen atoms in total. The maximum atomic E-state index is 10.1. The average molecular weight is 236 g/mol. The minimum atomic E-state index is -0.381. The zero-order valence-corrected chi connectivity index (χ0v) is 11.3. The van der Waals surface area contributed by atoms with Crippen LogP contribution in [0.25, 0.3) is 0 Å². The Balaban J connectivity index is 2.63. The highest BCUT2D eigenvalue weighted by atomic mass is 16.5. The van der Waals surface area contributed by atoms with E-state index in [4.69, 9.17) is 4.74 Å². The molecule has 2 heteroatoms. The Hall–Kier alpha value is -1.02. The first-order valence-corrected chi connectivity index (χ1v) is 6.43. The van der Waals surface area contributed by atoms with Crippen LogP contribution in [0.5, 0.6) is 5.75 Å². The van der Waals surface area contributed by atoms with Gasteiger partial charge < -0.3 is 9.84 Å². The summed E-state index contributed by atoms with van der Waals surface area (Å²) in [6.07, 6.45) is 1.63. The summed E-state index contributed by atoms with van der Waals surface area (Å²) in [6.45, 7) is 8.35. The summed E-state index contributed by atoms with van der Waals surface area (Å²) < 4.78 is 5.62. The number of aliphatic hydroxyl groups is 1. The summed E-state index contributed by atoms with van der Waals surface area (Å²) >= 11 is 0. The SMILES string of the molecule is CC(C)CCC(O)c1cccc(OC(C)C)c1. The molecule has 1 aromatic rings. The van der Waals surface area contributed by atoms with Crippen molar-refractivity contribution in [2.24, 2.45) is 5.92 Å². The highest BCUT2D eigenvalue weighted by Gasteiger charge is 2.09. The molecule has 0 aliphatic rings. The van der Waals surface area contributed by atoms with Crippen molar-refractivity contribution in [1.82, 2.24) is 0 Å². The van der Waals surface area contributed by atoms with Crippen LogP contribution >= 0.6 is 0 Å². The third-order valence-corrected chi connectivity index (χ3v) is 2.63. The van der Waals surface area contributed by atoms with Crippen LogP contribution < -0.4 is 4.74 Å². The van der Waals surface area contributed by atoms with Gasteiger partial charge in [0.1, 0.15) is 5.75 Å². The highest BCUT2D eigenvalue weighted by molar-refractivity contribution is 5.30. The second-order valence-electron chi connectivity index (χ2n) is 5.23. The molecule has 17 heavy (non-hydrogen) atoms. The molecule has 0 saturated heterocycles. The lowest BCUT2D eigenvalue weighted by Crippen LogP contribution is -2.06. The largest absolute Gasteiger partial charge is 0.491 e. The Morgan fingerprint density at radius 1 is 1.12 bits per heavy atom. The zero-order valence-electron chi connectivity index (χ0n) is 11.3. The fraction of sp³-hybridized carbons (Fsp3) is 0.600. The fourth-order valence-corrected chi connectivity index (χ4v) is 1.73. The predicted octanol–water partition coefficient (Wildman–Crippen LogP) is 3.94. The molecule has 0 aliphatic carbocycles. The Labute approximate surface area is 105 Å². The van der Waals surface area contributed by atoms with Crippen LogP contribution in [0.15, 0.2) is 24.3 Å².